The molecule has 374 valence electrons. The van der Waals surface area contributed by atoms with Crippen LogP contribution in [0.1, 0.15) is 329 Å². The lowest BCUT2D eigenvalue weighted by Crippen LogP contribution is -2.30. The van der Waals surface area contributed by atoms with Crippen molar-refractivity contribution in [1.29, 1.82) is 0 Å². The van der Waals surface area contributed by atoms with Crippen molar-refractivity contribution in [1.82, 2.24) is 0 Å². The van der Waals surface area contributed by atoms with Crippen LogP contribution in [0, 0.1) is 0 Å². The zero-order valence-corrected chi connectivity index (χ0v) is 42.9. The molecule has 0 bridgehead atoms. The molecule has 0 aromatic rings. The molecule has 0 aliphatic carbocycles. The maximum absolute atomic E-state index is 12.8. The van der Waals surface area contributed by atoms with Gasteiger partial charge in [-0.25, -0.2) is 0 Å². The van der Waals surface area contributed by atoms with Crippen LogP contribution in [-0.2, 0) is 28.6 Å². The van der Waals surface area contributed by atoms with E-state index in [4.69, 9.17) is 14.2 Å². The Balaban J connectivity index is 4.23. The lowest BCUT2D eigenvalue weighted by molar-refractivity contribution is -0.167. The van der Waals surface area contributed by atoms with Gasteiger partial charge < -0.3 is 14.2 Å². The quantitative estimate of drug-likeness (QED) is 0.0344. The molecule has 0 aliphatic rings. The maximum atomic E-state index is 12.8. The molecule has 0 saturated heterocycles. The van der Waals surface area contributed by atoms with Gasteiger partial charge in [-0.1, -0.05) is 290 Å². The Morgan fingerprint density at radius 3 is 0.635 bits per heavy atom. The highest BCUT2D eigenvalue weighted by atomic mass is 16.6. The number of rotatable bonds is 53. The Morgan fingerprint density at radius 1 is 0.254 bits per heavy atom. The average Bonchev–Trinajstić information content (AvgIpc) is 3.28. The number of esters is 3. The van der Waals surface area contributed by atoms with Gasteiger partial charge in [0, 0.05) is 19.3 Å². The van der Waals surface area contributed by atoms with Crippen LogP contribution in [-0.4, -0.2) is 37.2 Å². The maximum Gasteiger partial charge on any atom is 0.306 e. The molecule has 1 unspecified atom stereocenters. The molecule has 0 aliphatic heterocycles. The zero-order chi connectivity index (χ0) is 45.8. The van der Waals surface area contributed by atoms with Crippen molar-refractivity contribution in [3.05, 3.63) is 0 Å². The molecule has 0 fully saturated rings. The lowest BCUT2D eigenvalue weighted by Gasteiger charge is -2.18. The van der Waals surface area contributed by atoms with Gasteiger partial charge in [0.25, 0.3) is 0 Å². The van der Waals surface area contributed by atoms with Gasteiger partial charge in [0.2, 0.25) is 0 Å². The molecule has 6 nitrogen and oxygen atoms in total. The Bertz CT molecular complexity index is 936. The molecular weight excluding hydrogens is 781 g/mol. The molecule has 0 aromatic heterocycles. The Morgan fingerprint density at radius 2 is 0.429 bits per heavy atom. The molecule has 0 spiro atoms. The van der Waals surface area contributed by atoms with E-state index < -0.39 is 6.10 Å². The minimum atomic E-state index is -0.760. The van der Waals surface area contributed by atoms with Crippen LogP contribution in [0.15, 0.2) is 0 Å². The topological polar surface area (TPSA) is 78.9 Å². The van der Waals surface area contributed by atoms with E-state index in [1.165, 1.54) is 231 Å². The first kappa shape index (κ1) is 61.4. The Kier molecular flexibility index (Phi) is 51.7. The van der Waals surface area contributed by atoms with E-state index >= 15 is 0 Å². The van der Waals surface area contributed by atoms with Crippen molar-refractivity contribution in [3.8, 4) is 0 Å². The van der Waals surface area contributed by atoms with E-state index in [1.54, 1.807) is 0 Å². The van der Waals surface area contributed by atoms with Crippen LogP contribution in [0.5, 0.6) is 0 Å². The van der Waals surface area contributed by atoms with Crippen molar-refractivity contribution >= 4 is 17.9 Å². The smallest absolute Gasteiger partial charge is 0.306 e. The van der Waals surface area contributed by atoms with E-state index in [2.05, 4.69) is 20.8 Å². The molecule has 0 amide bonds. The largest absolute Gasteiger partial charge is 0.462 e. The normalized spacial score (nSPS) is 11.9. The van der Waals surface area contributed by atoms with E-state index in [1.807, 2.05) is 0 Å². The van der Waals surface area contributed by atoms with Gasteiger partial charge >= 0.3 is 17.9 Å². The number of hydrogen-bond donors (Lipinski definition) is 0. The predicted octanol–water partition coefficient (Wildman–Crippen LogP) is 18.8. The van der Waals surface area contributed by atoms with Gasteiger partial charge in [-0.05, 0) is 19.3 Å². The van der Waals surface area contributed by atoms with Crippen molar-refractivity contribution in [2.45, 2.75) is 335 Å². The SMILES string of the molecule is CCCCCCCCCCCCCCCCCCCCC(=O)OCC(COC(=O)CCCCCCCCCCCC)OC(=O)CCCCCCCCCCCCCCCCCCC. The first-order valence-corrected chi connectivity index (χ1v) is 28.5. The van der Waals surface area contributed by atoms with Crippen LogP contribution in [0.2, 0.25) is 0 Å². The second-order valence-corrected chi connectivity index (χ2v) is 19.6. The summed E-state index contributed by atoms with van der Waals surface area (Å²) in [6, 6.07) is 0. The van der Waals surface area contributed by atoms with Gasteiger partial charge in [-0.15, -0.1) is 0 Å². The van der Waals surface area contributed by atoms with E-state index in [-0.39, 0.29) is 31.1 Å². The number of hydrogen-bond acceptors (Lipinski definition) is 6. The number of unbranched alkanes of at least 4 members (excludes halogenated alkanes) is 42. The third-order valence-electron chi connectivity index (χ3n) is 13.1. The fraction of sp³-hybridized carbons (Fsp3) is 0.947. The average molecular weight is 892 g/mol. The van der Waals surface area contributed by atoms with E-state index in [0.717, 1.165) is 57.8 Å². The van der Waals surface area contributed by atoms with E-state index in [0.29, 0.717) is 19.3 Å². The van der Waals surface area contributed by atoms with Crippen LogP contribution in [0.3, 0.4) is 0 Å². The standard InChI is InChI=1S/C57H110O6/c1-4-7-10-13-16-19-22-24-26-28-30-31-33-35-38-41-44-47-50-56(59)62-53-54(52-61-55(58)49-46-43-40-37-21-18-15-12-9-6-3)63-57(60)51-48-45-42-39-36-34-32-29-27-25-23-20-17-14-11-8-5-2/h54H,4-53H2,1-3H3. The molecule has 0 rings (SSSR count). The van der Waals surface area contributed by atoms with Crippen LogP contribution >= 0.6 is 0 Å². The van der Waals surface area contributed by atoms with Crippen molar-refractivity contribution in [2.24, 2.45) is 0 Å². The first-order valence-electron chi connectivity index (χ1n) is 28.5. The summed E-state index contributed by atoms with van der Waals surface area (Å²) in [5, 5.41) is 0. The van der Waals surface area contributed by atoms with Crippen LogP contribution < -0.4 is 0 Å². The minimum absolute atomic E-state index is 0.0613. The number of carbonyl (C=O) groups is 3. The fourth-order valence-electron chi connectivity index (χ4n) is 8.80. The highest BCUT2D eigenvalue weighted by Gasteiger charge is 2.19. The van der Waals surface area contributed by atoms with E-state index in [9.17, 15) is 14.4 Å². The van der Waals surface area contributed by atoms with Gasteiger partial charge in [0.1, 0.15) is 13.2 Å². The highest BCUT2D eigenvalue weighted by Crippen LogP contribution is 2.18. The van der Waals surface area contributed by atoms with Crippen LogP contribution in [0.25, 0.3) is 0 Å². The molecule has 0 radical (unpaired) electrons. The summed E-state index contributed by atoms with van der Waals surface area (Å²) in [6.07, 6.45) is 58.1. The van der Waals surface area contributed by atoms with Crippen molar-refractivity contribution in [3.63, 3.8) is 0 Å². The molecular formula is C57H110O6. The second kappa shape index (κ2) is 53.0. The minimum Gasteiger partial charge on any atom is -0.462 e. The predicted molar refractivity (Wildman–Crippen MR) is 270 cm³/mol. The van der Waals surface area contributed by atoms with Crippen molar-refractivity contribution < 1.29 is 28.6 Å². The Labute approximate surface area is 393 Å². The fourth-order valence-corrected chi connectivity index (χ4v) is 8.80. The monoisotopic (exact) mass is 891 g/mol. The van der Waals surface area contributed by atoms with Gasteiger partial charge in [-0.2, -0.15) is 0 Å². The summed E-state index contributed by atoms with van der Waals surface area (Å²) < 4.78 is 16.9. The third-order valence-corrected chi connectivity index (χ3v) is 13.1. The van der Waals surface area contributed by atoms with Gasteiger partial charge in [0.15, 0.2) is 6.10 Å². The highest BCUT2D eigenvalue weighted by molar-refractivity contribution is 5.71. The lowest BCUT2D eigenvalue weighted by atomic mass is 10.0. The molecule has 63 heavy (non-hydrogen) atoms. The first-order chi connectivity index (χ1) is 31.0. The summed E-state index contributed by atoms with van der Waals surface area (Å²) in [6.45, 7) is 6.69. The molecule has 0 aromatic carbocycles. The van der Waals surface area contributed by atoms with Gasteiger partial charge in [-0.3, -0.25) is 14.4 Å². The number of ether oxygens (including phenoxy) is 3. The summed E-state index contributed by atoms with van der Waals surface area (Å²) in [5.41, 5.74) is 0. The summed E-state index contributed by atoms with van der Waals surface area (Å²) in [5.74, 6) is -0.836. The third kappa shape index (κ3) is 51.3. The molecule has 0 heterocycles. The zero-order valence-electron chi connectivity index (χ0n) is 42.9. The summed E-state index contributed by atoms with van der Waals surface area (Å²) in [4.78, 5) is 38.0. The Hall–Kier alpha value is -1.59. The van der Waals surface area contributed by atoms with Crippen molar-refractivity contribution in [2.75, 3.05) is 13.2 Å². The second-order valence-electron chi connectivity index (χ2n) is 19.6. The van der Waals surface area contributed by atoms with Gasteiger partial charge in [0.05, 0.1) is 0 Å². The van der Waals surface area contributed by atoms with Crippen LogP contribution in [0.4, 0.5) is 0 Å². The molecule has 1 atom stereocenters. The molecule has 0 saturated carbocycles. The summed E-state index contributed by atoms with van der Waals surface area (Å²) in [7, 11) is 0. The molecule has 6 heteroatoms. The summed E-state index contributed by atoms with van der Waals surface area (Å²) >= 11 is 0. The molecule has 0 N–H and O–H groups in total. The number of carbonyl (C=O) groups excluding carboxylic acids is 3.